The van der Waals surface area contributed by atoms with Crippen molar-refractivity contribution >= 4 is 79.0 Å². The summed E-state index contributed by atoms with van der Waals surface area (Å²) < 4.78 is 11.0. The average molecular weight is 765 g/mol. The van der Waals surface area contributed by atoms with Crippen molar-refractivity contribution in [2.24, 2.45) is 0 Å². The van der Waals surface area contributed by atoms with Gasteiger partial charge in [0.2, 0.25) is 14.3 Å². The average Bonchev–Trinajstić information content (AvgIpc) is 3.03. The number of nitrogens with zero attached hydrogens (tertiary/aromatic N) is 5. The number of carbonyl (C=O) groups is 2. The number of rotatable bonds is 16. The molecule has 4 aromatic rings. The van der Waals surface area contributed by atoms with Gasteiger partial charge in [0, 0.05) is 30.2 Å². The highest BCUT2D eigenvalue weighted by atomic mass is 127. The lowest BCUT2D eigenvalue weighted by Gasteiger charge is -2.20. The van der Waals surface area contributed by atoms with Crippen molar-refractivity contribution in [1.29, 1.82) is 0 Å². The Balaban J connectivity index is 1.32. The van der Waals surface area contributed by atoms with Gasteiger partial charge in [-0.2, -0.15) is 9.97 Å². The predicted molar refractivity (Wildman–Crippen MR) is 186 cm³/mol. The lowest BCUT2D eigenvalue weighted by molar-refractivity contribution is -0.145. The van der Waals surface area contributed by atoms with E-state index in [0.29, 0.717) is 65.9 Å². The molecule has 16 heteroatoms. The zero-order valence-electron chi connectivity index (χ0n) is 24.5. The fraction of sp³-hybridized carbons (Fsp3) is 0.310. The monoisotopic (exact) mass is 764 g/mol. The van der Waals surface area contributed by atoms with Crippen LogP contribution in [0.1, 0.15) is 35.3 Å². The van der Waals surface area contributed by atoms with Crippen molar-refractivity contribution in [3.05, 3.63) is 72.1 Å². The van der Waals surface area contributed by atoms with Gasteiger partial charge in [-0.1, -0.05) is 33.6 Å². The Morgan fingerprint density at radius 3 is 2.58 bits per heavy atom. The summed E-state index contributed by atoms with van der Waals surface area (Å²) in [6.07, 6.45) is 3.62. The Morgan fingerprint density at radius 1 is 1.09 bits per heavy atom. The van der Waals surface area contributed by atoms with Crippen LogP contribution in [0.3, 0.4) is 0 Å². The molecule has 0 aliphatic carbocycles. The van der Waals surface area contributed by atoms with E-state index in [4.69, 9.17) is 20.7 Å². The molecular formula is C29H34IN8O5PS. The van der Waals surface area contributed by atoms with Crippen molar-refractivity contribution in [3.63, 3.8) is 0 Å². The minimum atomic E-state index is -1.64. The number of nitrogens with two attached hydrogens (primary N) is 2. The van der Waals surface area contributed by atoms with Crippen molar-refractivity contribution in [2.75, 3.05) is 41.9 Å². The molecule has 0 radical (unpaired) electrons. The Bertz CT molecular complexity index is 1570. The Labute approximate surface area is 278 Å². The number of amides is 1. The highest BCUT2D eigenvalue weighted by molar-refractivity contribution is 14.2. The Kier molecular flexibility index (Phi) is 13.2. The molecule has 2 aromatic carbocycles. The topological polar surface area (TPSA) is 192 Å². The number of unbranched alkanes of at least 4 members (excludes halogenated alkanes) is 1. The molecule has 0 aliphatic rings. The van der Waals surface area contributed by atoms with Crippen LogP contribution in [0, 0.1) is 0 Å². The molecule has 2 heterocycles. The molecule has 2 unspecified atom stereocenters. The van der Waals surface area contributed by atoms with Gasteiger partial charge in [-0.25, -0.2) is 14.8 Å². The maximum absolute atomic E-state index is 13.1. The van der Waals surface area contributed by atoms with E-state index in [1.54, 1.807) is 30.5 Å². The number of aromatic nitrogens is 4. The van der Waals surface area contributed by atoms with Crippen LogP contribution < -0.4 is 26.2 Å². The fourth-order valence-corrected chi connectivity index (χ4v) is 5.91. The largest absolute Gasteiger partial charge is 0.463 e. The van der Waals surface area contributed by atoms with Gasteiger partial charge in [-0.05, 0) is 70.4 Å². The maximum atomic E-state index is 13.1. The molecule has 4 rings (SSSR count). The van der Waals surface area contributed by atoms with Crippen LogP contribution >= 0.6 is 38.5 Å². The van der Waals surface area contributed by atoms with Gasteiger partial charge in [-0.3, -0.25) is 4.79 Å². The van der Waals surface area contributed by atoms with Gasteiger partial charge in [0.05, 0.1) is 18.4 Å². The van der Waals surface area contributed by atoms with E-state index in [1.165, 1.54) is 8.93 Å². The molecule has 238 valence electrons. The molecule has 0 saturated carbocycles. The minimum absolute atomic E-state index is 0.0342. The quantitative estimate of drug-likeness (QED) is 0.0541. The molecular weight excluding hydrogens is 730 g/mol. The summed E-state index contributed by atoms with van der Waals surface area (Å²) >= 11 is 2.14. The van der Waals surface area contributed by atoms with Gasteiger partial charge < -0.3 is 35.8 Å². The third-order valence-corrected chi connectivity index (χ3v) is 9.27. The molecule has 0 spiro atoms. The van der Waals surface area contributed by atoms with Crippen LogP contribution in [-0.4, -0.2) is 68.3 Å². The second kappa shape index (κ2) is 17.2. The first-order valence-corrected chi connectivity index (χ1v) is 18.9. The molecule has 6 N–H and O–H groups in total. The van der Waals surface area contributed by atoms with Gasteiger partial charge in [0.15, 0.2) is 17.0 Å². The molecule has 0 bridgehead atoms. The lowest BCUT2D eigenvalue weighted by atomic mass is 10.1. The maximum Gasteiger partial charge on any atom is 0.328 e. The number of nitrogen functional groups attached to an aromatic ring is 2. The second-order valence-corrected chi connectivity index (χ2v) is 13.7. The van der Waals surface area contributed by atoms with E-state index < -0.39 is 20.4 Å². The van der Waals surface area contributed by atoms with Crippen LogP contribution in [-0.2, 0) is 16.1 Å². The number of carbonyl (C=O) groups excluding carboxylic acids is 2. The number of para-hydroxylation sites is 1. The highest BCUT2D eigenvalue weighted by Gasteiger charge is 2.23. The summed E-state index contributed by atoms with van der Waals surface area (Å²) in [5, 5.41) is 2.83. The van der Waals surface area contributed by atoms with E-state index in [2.05, 4.69) is 46.5 Å². The minimum Gasteiger partial charge on any atom is -0.463 e. The van der Waals surface area contributed by atoms with Gasteiger partial charge in [0.25, 0.3) is 5.91 Å². The first kappa shape index (κ1) is 34.3. The number of ether oxygens (including phenoxy) is 1. The van der Waals surface area contributed by atoms with Gasteiger partial charge >= 0.3 is 5.97 Å². The summed E-state index contributed by atoms with van der Waals surface area (Å²) in [6.45, 7) is 0.663. The Hall–Kier alpha value is -3.53. The number of benzene rings is 2. The molecule has 2 aromatic heterocycles. The molecule has 13 nitrogen and oxygen atoms in total. The summed E-state index contributed by atoms with van der Waals surface area (Å²) in [7, 11) is 1.78. The standard InChI is InChI=1S/C29H34IN8O5PS/c1-38(18-20-17-33-26-24(34-20)25(31)36-29(32)37-26)21-12-10-19(11-13-21)27(39)35-23(28(40)42-14-16-45-30)9-5-6-15-44(41)43-22-7-3-2-4-8-22/h2-4,7-8,10-13,17,23,41H,5-6,9,14-16,18H2,1H3,(H,35,39)(H4,31,32,33,36,37). The third-order valence-electron chi connectivity index (χ3n) is 6.51. The number of esters is 1. The molecule has 0 saturated heterocycles. The molecule has 45 heavy (non-hydrogen) atoms. The number of hydrogen-bond donors (Lipinski definition) is 4. The molecule has 1 amide bonds. The zero-order chi connectivity index (χ0) is 32.2. The number of hydrogen-bond acceptors (Lipinski definition) is 13. The summed E-state index contributed by atoms with van der Waals surface area (Å²) in [5.74, 6) is 0.578. The lowest BCUT2D eigenvalue weighted by Crippen LogP contribution is -2.42. The van der Waals surface area contributed by atoms with Crippen molar-refractivity contribution < 1.29 is 23.7 Å². The molecule has 0 aliphatic heterocycles. The summed E-state index contributed by atoms with van der Waals surface area (Å²) in [6, 6.07) is 15.3. The smallest absolute Gasteiger partial charge is 0.328 e. The number of fused-ring (bicyclic) bond motifs is 1. The zero-order valence-corrected chi connectivity index (χ0v) is 28.4. The second-order valence-electron chi connectivity index (χ2n) is 9.89. The van der Waals surface area contributed by atoms with Crippen LogP contribution in [0.4, 0.5) is 17.5 Å². The van der Waals surface area contributed by atoms with E-state index in [0.717, 1.165) is 5.69 Å². The van der Waals surface area contributed by atoms with Crippen molar-refractivity contribution in [3.8, 4) is 5.75 Å². The van der Waals surface area contributed by atoms with E-state index in [9.17, 15) is 14.5 Å². The molecule has 0 fully saturated rings. The molecule has 2 atom stereocenters. The van der Waals surface area contributed by atoms with Gasteiger partial charge in [0.1, 0.15) is 18.4 Å². The van der Waals surface area contributed by atoms with E-state index >= 15 is 0 Å². The van der Waals surface area contributed by atoms with Crippen LogP contribution in [0.5, 0.6) is 5.75 Å². The van der Waals surface area contributed by atoms with Crippen LogP contribution in [0.25, 0.3) is 11.2 Å². The van der Waals surface area contributed by atoms with E-state index in [1.807, 2.05) is 42.3 Å². The van der Waals surface area contributed by atoms with Crippen molar-refractivity contribution in [1.82, 2.24) is 25.3 Å². The predicted octanol–water partition coefficient (Wildman–Crippen LogP) is 4.50. The fourth-order valence-electron chi connectivity index (χ4n) is 4.27. The summed E-state index contributed by atoms with van der Waals surface area (Å²) in [4.78, 5) is 55.0. The highest BCUT2D eigenvalue weighted by Crippen LogP contribution is 2.34. The van der Waals surface area contributed by atoms with E-state index in [-0.39, 0.29) is 24.3 Å². The van der Waals surface area contributed by atoms with Crippen molar-refractivity contribution in [2.45, 2.75) is 31.8 Å². The first-order chi connectivity index (χ1) is 21.7. The van der Waals surface area contributed by atoms with Crippen LogP contribution in [0.15, 0.2) is 60.8 Å². The normalized spacial score (nSPS) is 12.3. The number of anilines is 3. The number of nitrogens with one attached hydrogen (secondary N) is 1. The summed E-state index contributed by atoms with van der Waals surface area (Å²) in [5.41, 5.74) is 14.2. The number of halogens is 1. The Morgan fingerprint density at radius 2 is 1.84 bits per heavy atom. The first-order valence-electron chi connectivity index (χ1n) is 14.0. The van der Waals surface area contributed by atoms with Gasteiger partial charge in [-0.15, -0.1) is 0 Å². The SMILES string of the molecule is CN(Cc1cnc2nc(N)nc(N)c2n1)c1ccc(C(=O)NC(CCCCP(O)Oc2ccccc2)C(=O)OCCSI)cc1. The van der Waals surface area contributed by atoms with Crippen LogP contribution in [0.2, 0.25) is 0 Å². The third kappa shape index (κ3) is 10.5.